The number of rotatable bonds is 8. The first-order valence-corrected chi connectivity index (χ1v) is 13.4. The third-order valence-corrected chi connectivity index (χ3v) is 7.39. The molecule has 1 fully saturated rings. The fourth-order valence-electron chi connectivity index (χ4n) is 4.36. The number of carbonyl (C=O) groups excluding carboxylic acids is 2. The molecule has 0 bridgehead atoms. The fraction of sp³-hybridized carbons (Fsp3) is 0.393. The highest BCUT2D eigenvalue weighted by atomic mass is 32.1. The first kappa shape index (κ1) is 27.6. The van der Waals surface area contributed by atoms with Crippen LogP contribution in [0.2, 0.25) is 0 Å². The Morgan fingerprint density at radius 3 is 2.16 bits per heavy atom. The Kier molecular flexibility index (Phi) is 8.71. The van der Waals surface area contributed by atoms with Gasteiger partial charge in [0, 0.05) is 23.0 Å². The Labute approximate surface area is 223 Å². The molecule has 4 rings (SSSR count). The monoisotopic (exact) mass is 545 g/mol. The molecule has 2 atom stereocenters. The number of benzene rings is 2. The Morgan fingerprint density at radius 1 is 0.974 bits per heavy atom. The number of halogens is 3. The Morgan fingerprint density at radius 2 is 1.58 bits per heavy atom. The number of nitrogens with zero attached hydrogens (tertiary/aromatic N) is 1. The van der Waals surface area contributed by atoms with Crippen LogP contribution in [0.4, 0.5) is 13.2 Å². The van der Waals surface area contributed by atoms with Crippen LogP contribution in [-0.2, 0) is 12.8 Å². The molecule has 2 N–H and O–H groups in total. The number of amides is 2. The zero-order chi connectivity index (χ0) is 27.3. The first-order chi connectivity index (χ1) is 18.1. The molecule has 6 nitrogen and oxygen atoms in total. The van der Waals surface area contributed by atoms with Crippen molar-refractivity contribution in [1.29, 1.82) is 0 Å². The second-order valence-corrected chi connectivity index (χ2v) is 10.6. The van der Waals surface area contributed by atoms with Crippen molar-refractivity contribution < 1.29 is 27.5 Å². The minimum atomic E-state index is -4.46. The highest BCUT2D eigenvalue weighted by Crippen LogP contribution is 2.29. The largest absolute Gasteiger partial charge is 0.486 e. The molecule has 202 valence electrons. The molecule has 0 saturated heterocycles. The number of thiazole rings is 1. The van der Waals surface area contributed by atoms with E-state index in [0.717, 1.165) is 42.9 Å². The predicted molar refractivity (Wildman–Crippen MR) is 139 cm³/mol. The molecular weight excluding hydrogens is 515 g/mol. The molecule has 10 heteroatoms. The molecular formula is C28H30F3N3O3S. The second kappa shape index (κ2) is 12.0. The second-order valence-electron chi connectivity index (χ2n) is 9.66. The van der Waals surface area contributed by atoms with Gasteiger partial charge in [0.25, 0.3) is 11.8 Å². The van der Waals surface area contributed by atoms with Crippen LogP contribution in [0.3, 0.4) is 0 Å². The van der Waals surface area contributed by atoms with Gasteiger partial charge in [-0.15, -0.1) is 11.3 Å². The van der Waals surface area contributed by atoms with Crippen LogP contribution in [0, 0.1) is 0 Å². The van der Waals surface area contributed by atoms with E-state index in [2.05, 4.69) is 29.5 Å². The summed E-state index contributed by atoms with van der Waals surface area (Å²) < 4.78 is 44.2. The van der Waals surface area contributed by atoms with Gasteiger partial charge in [-0.3, -0.25) is 9.59 Å². The van der Waals surface area contributed by atoms with Gasteiger partial charge in [-0.05, 0) is 60.7 Å². The quantitative estimate of drug-likeness (QED) is 0.346. The van der Waals surface area contributed by atoms with E-state index in [4.69, 9.17) is 4.74 Å². The molecule has 1 aliphatic rings. The van der Waals surface area contributed by atoms with Crippen LogP contribution >= 0.6 is 11.3 Å². The number of carbonyl (C=O) groups is 2. The Bertz CT molecular complexity index is 1240. The molecule has 3 aromatic rings. The van der Waals surface area contributed by atoms with Crippen molar-refractivity contribution in [1.82, 2.24) is 15.6 Å². The van der Waals surface area contributed by atoms with Gasteiger partial charge in [0.05, 0.1) is 5.56 Å². The normalized spacial score (nSPS) is 17.7. The van der Waals surface area contributed by atoms with Crippen LogP contribution in [0.1, 0.15) is 82.4 Å². The number of aromatic nitrogens is 1. The van der Waals surface area contributed by atoms with E-state index in [9.17, 15) is 22.8 Å². The smallest absolute Gasteiger partial charge is 0.416 e. The summed E-state index contributed by atoms with van der Waals surface area (Å²) in [6, 6.07) is 11.3. The lowest BCUT2D eigenvalue weighted by Crippen LogP contribution is -2.53. The molecule has 1 aliphatic carbocycles. The van der Waals surface area contributed by atoms with Gasteiger partial charge in [0.2, 0.25) is 0 Å². The van der Waals surface area contributed by atoms with Gasteiger partial charge in [0.1, 0.15) is 23.1 Å². The van der Waals surface area contributed by atoms with E-state index >= 15 is 0 Å². The molecule has 0 spiro atoms. The third kappa shape index (κ3) is 7.12. The number of hydrogen-bond donors (Lipinski definition) is 2. The minimum absolute atomic E-state index is 0.136. The molecule has 0 radical (unpaired) electrons. The van der Waals surface area contributed by atoms with Gasteiger partial charge in [-0.25, -0.2) is 4.98 Å². The van der Waals surface area contributed by atoms with E-state index < -0.39 is 17.6 Å². The lowest BCUT2D eigenvalue weighted by molar-refractivity contribution is -0.137. The summed E-state index contributed by atoms with van der Waals surface area (Å²) in [4.78, 5) is 30.0. The van der Waals surface area contributed by atoms with Crippen molar-refractivity contribution in [2.75, 3.05) is 0 Å². The Balaban J connectivity index is 1.32. The molecule has 1 aromatic heterocycles. The number of hydrogen-bond acceptors (Lipinski definition) is 5. The molecule has 2 aromatic carbocycles. The van der Waals surface area contributed by atoms with E-state index in [0.29, 0.717) is 23.8 Å². The SMILES string of the molecule is CC(C)c1ccc(OCc2nc(C(=O)NC3CCCCC3NC(=O)c3ccc(C(F)(F)F)cc3)cs2)cc1. The van der Waals surface area contributed by atoms with Crippen LogP contribution in [-0.4, -0.2) is 28.9 Å². The molecule has 2 amide bonds. The summed E-state index contributed by atoms with van der Waals surface area (Å²) in [5.74, 6) is 0.351. The van der Waals surface area contributed by atoms with Gasteiger partial charge in [-0.1, -0.05) is 38.8 Å². The lowest BCUT2D eigenvalue weighted by atomic mass is 9.90. The number of nitrogens with one attached hydrogen (secondary N) is 2. The van der Waals surface area contributed by atoms with Gasteiger partial charge in [0.15, 0.2) is 0 Å². The standard InChI is InChI=1S/C28H30F3N3O3S/c1-17(2)18-9-13-21(14-10-18)37-15-25-32-24(16-38-25)27(36)34-23-6-4-3-5-22(23)33-26(35)19-7-11-20(12-8-19)28(29,30)31/h7-14,16-17,22-23H,3-6,15H2,1-2H3,(H,33,35)(H,34,36). The highest BCUT2D eigenvalue weighted by molar-refractivity contribution is 7.09. The number of ether oxygens (including phenoxy) is 1. The van der Waals surface area contributed by atoms with Crippen LogP contribution < -0.4 is 15.4 Å². The maximum Gasteiger partial charge on any atom is 0.416 e. The van der Waals surface area contributed by atoms with Crippen LogP contribution in [0.5, 0.6) is 5.75 Å². The lowest BCUT2D eigenvalue weighted by Gasteiger charge is -2.32. The van der Waals surface area contributed by atoms with Crippen molar-refractivity contribution in [3.05, 3.63) is 81.3 Å². The summed E-state index contributed by atoms with van der Waals surface area (Å²) in [6.07, 6.45) is -1.36. The molecule has 1 heterocycles. The zero-order valence-electron chi connectivity index (χ0n) is 21.2. The first-order valence-electron chi connectivity index (χ1n) is 12.6. The summed E-state index contributed by atoms with van der Waals surface area (Å²) in [5, 5.41) is 8.20. The van der Waals surface area contributed by atoms with Crippen LogP contribution in [0.15, 0.2) is 53.9 Å². The average molecular weight is 546 g/mol. The number of alkyl halides is 3. The molecule has 0 aliphatic heterocycles. The predicted octanol–water partition coefficient (Wildman–Crippen LogP) is 6.34. The van der Waals surface area contributed by atoms with Crippen molar-refractivity contribution in [3.8, 4) is 5.75 Å². The van der Waals surface area contributed by atoms with Gasteiger partial charge < -0.3 is 15.4 Å². The molecule has 38 heavy (non-hydrogen) atoms. The maximum absolute atomic E-state index is 12.9. The molecule has 1 saturated carbocycles. The summed E-state index contributed by atoms with van der Waals surface area (Å²) in [7, 11) is 0. The van der Waals surface area contributed by atoms with E-state index in [1.54, 1.807) is 5.38 Å². The average Bonchev–Trinajstić information content (AvgIpc) is 3.38. The highest BCUT2D eigenvalue weighted by Gasteiger charge is 2.31. The van der Waals surface area contributed by atoms with E-state index in [1.807, 2.05) is 24.3 Å². The van der Waals surface area contributed by atoms with Crippen LogP contribution in [0.25, 0.3) is 0 Å². The summed E-state index contributed by atoms with van der Waals surface area (Å²) in [5.41, 5.74) is 0.829. The van der Waals surface area contributed by atoms with Crippen molar-refractivity contribution in [3.63, 3.8) is 0 Å². The Hall–Kier alpha value is -3.40. The summed E-state index contributed by atoms with van der Waals surface area (Å²) >= 11 is 1.33. The third-order valence-electron chi connectivity index (χ3n) is 6.57. The fourth-order valence-corrected chi connectivity index (χ4v) is 5.04. The van der Waals surface area contributed by atoms with Crippen molar-refractivity contribution >= 4 is 23.2 Å². The minimum Gasteiger partial charge on any atom is -0.486 e. The van der Waals surface area contributed by atoms with E-state index in [1.165, 1.54) is 16.9 Å². The topological polar surface area (TPSA) is 80.3 Å². The summed E-state index contributed by atoms with van der Waals surface area (Å²) in [6.45, 7) is 4.50. The van der Waals surface area contributed by atoms with Crippen molar-refractivity contribution in [2.45, 2.75) is 70.3 Å². The van der Waals surface area contributed by atoms with E-state index in [-0.39, 0.29) is 35.9 Å². The van der Waals surface area contributed by atoms with Gasteiger partial charge in [-0.2, -0.15) is 13.2 Å². The maximum atomic E-state index is 12.9. The van der Waals surface area contributed by atoms with Gasteiger partial charge >= 0.3 is 6.18 Å². The molecule has 2 unspecified atom stereocenters. The van der Waals surface area contributed by atoms with Crippen molar-refractivity contribution in [2.24, 2.45) is 0 Å². The zero-order valence-corrected chi connectivity index (χ0v) is 22.0.